The molecule has 2 aromatic heterocycles. The third-order valence-electron chi connectivity index (χ3n) is 1.64. The van der Waals surface area contributed by atoms with E-state index in [1.165, 1.54) is 0 Å². The van der Waals surface area contributed by atoms with Gasteiger partial charge in [0.15, 0.2) is 0 Å². The Kier molecular flexibility index (Phi) is 13.0. The summed E-state index contributed by atoms with van der Waals surface area (Å²) in [6, 6.07) is 0. The third-order valence-corrected chi connectivity index (χ3v) is 2.24. The minimum Gasteiger partial charge on any atom is -0.548 e. The second-order valence-corrected chi connectivity index (χ2v) is 3.81. The zero-order valence-corrected chi connectivity index (χ0v) is 17.2. The van der Waals surface area contributed by atoms with Crippen molar-refractivity contribution in [3.05, 3.63) is 9.54 Å². The van der Waals surface area contributed by atoms with Crippen LogP contribution >= 0.6 is 24.4 Å². The number of tetrazole rings is 2. The van der Waals surface area contributed by atoms with E-state index in [0.717, 1.165) is 9.36 Å². The van der Waals surface area contributed by atoms with Crippen LogP contribution in [0.15, 0.2) is 0 Å². The number of nitrogens with one attached hydrogen (secondary N) is 2. The van der Waals surface area contributed by atoms with Crippen LogP contribution in [0.2, 0.25) is 0 Å². The summed E-state index contributed by atoms with van der Waals surface area (Å²) in [7, 11) is 0. The van der Waals surface area contributed by atoms with Crippen molar-refractivity contribution in [1.29, 1.82) is 0 Å². The third kappa shape index (κ3) is 8.84. The second-order valence-electron chi connectivity index (χ2n) is 3.08. The van der Waals surface area contributed by atoms with Crippen molar-refractivity contribution in [3.8, 4) is 0 Å². The van der Waals surface area contributed by atoms with E-state index in [1.807, 2.05) is 0 Å². The summed E-state index contributed by atoms with van der Waals surface area (Å²) in [4.78, 5) is 19.9. The van der Waals surface area contributed by atoms with Crippen molar-refractivity contribution in [2.45, 2.75) is 13.1 Å². The monoisotopic (exact) mass is 364 g/mol. The molecule has 0 bridgehead atoms. The van der Waals surface area contributed by atoms with Crippen LogP contribution in [0, 0.1) is 9.54 Å². The molecule has 0 saturated heterocycles. The van der Waals surface area contributed by atoms with Gasteiger partial charge in [0.05, 0.1) is 25.0 Å². The Morgan fingerprint density at radius 3 is 1.41 bits per heavy atom. The number of carbonyl (C=O) groups is 2. The maximum Gasteiger partial charge on any atom is 1.00 e. The molecule has 0 fully saturated rings. The average Bonchev–Trinajstić information content (AvgIpc) is 2.90. The molecule has 2 rings (SSSR count). The van der Waals surface area contributed by atoms with Gasteiger partial charge in [-0.3, -0.25) is 0 Å². The van der Waals surface area contributed by atoms with Crippen molar-refractivity contribution in [3.63, 3.8) is 0 Å². The van der Waals surface area contributed by atoms with Crippen LogP contribution in [-0.2, 0) is 22.7 Å². The number of aromatic nitrogens is 8. The van der Waals surface area contributed by atoms with Crippen LogP contribution in [0.1, 0.15) is 0 Å². The van der Waals surface area contributed by atoms with Gasteiger partial charge in [0.2, 0.25) is 9.54 Å². The summed E-state index contributed by atoms with van der Waals surface area (Å²) in [6.07, 6.45) is 0. The van der Waals surface area contributed by atoms with E-state index in [4.69, 9.17) is 0 Å². The molecule has 0 aliphatic heterocycles. The van der Waals surface area contributed by atoms with Gasteiger partial charge in [-0.1, -0.05) is 20.6 Å². The molecule has 108 valence electrons. The Bertz CT molecular complexity index is 647. The van der Waals surface area contributed by atoms with E-state index < -0.39 is 11.9 Å². The zero-order valence-electron chi connectivity index (χ0n) is 11.5. The van der Waals surface area contributed by atoms with Crippen LogP contribution in [0.5, 0.6) is 0 Å². The van der Waals surface area contributed by atoms with E-state index in [9.17, 15) is 19.8 Å². The first-order valence-electron chi connectivity index (χ1n) is 4.75. The number of hydrogen-bond donors (Lipinski definition) is 2. The van der Waals surface area contributed by atoms with Gasteiger partial charge in [0.1, 0.15) is 0 Å². The standard InChI is InChI=1S/2C3H4N4O2S.2Na/c2*8-2(9)1-7-3(10)4-5-6-7;;/h2*1H2,(H,8,9)(H,4,6,10);;/q;;2*+1/p-2. The minimum absolute atomic E-state index is 0. The number of aromatic amines is 2. The van der Waals surface area contributed by atoms with E-state index >= 15 is 0 Å². The smallest absolute Gasteiger partial charge is 0.548 e. The van der Waals surface area contributed by atoms with Gasteiger partial charge in [-0.15, -0.1) is 0 Å². The normalized spacial score (nSPS) is 8.73. The molecule has 0 aromatic carbocycles. The van der Waals surface area contributed by atoms with Crippen LogP contribution in [0.4, 0.5) is 0 Å². The fourth-order valence-corrected chi connectivity index (χ4v) is 1.19. The Hall–Kier alpha value is -0.480. The first kappa shape index (κ1) is 23.8. The molecule has 0 unspecified atom stereocenters. The average molecular weight is 364 g/mol. The van der Waals surface area contributed by atoms with Gasteiger partial charge in [0, 0.05) is 0 Å². The number of carboxylic acids is 2. The molecule has 2 aromatic rings. The molecule has 0 aliphatic carbocycles. The number of rotatable bonds is 4. The van der Waals surface area contributed by atoms with Crippen molar-refractivity contribution in [2.75, 3.05) is 0 Å². The molecule has 0 spiro atoms. The Morgan fingerprint density at radius 2 is 1.23 bits per heavy atom. The maximum absolute atomic E-state index is 9.97. The number of carbonyl (C=O) groups excluding carboxylic acids is 2. The Balaban J connectivity index is 0. The van der Waals surface area contributed by atoms with E-state index in [1.54, 1.807) is 0 Å². The van der Waals surface area contributed by atoms with E-state index in [2.05, 4.69) is 55.5 Å². The number of carboxylic acid groups (broad SMARTS) is 2. The molecule has 16 heteroatoms. The predicted octanol–water partition coefficient (Wildman–Crippen LogP) is -9.82. The summed E-state index contributed by atoms with van der Waals surface area (Å²) in [5, 5.41) is 37.7. The largest absolute Gasteiger partial charge is 1.00 e. The number of H-pyrrole nitrogens is 2. The van der Waals surface area contributed by atoms with E-state index in [0.29, 0.717) is 0 Å². The van der Waals surface area contributed by atoms with Crippen molar-refractivity contribution in [1.82, 2.24) is 40.4 Å². The first-order chi connectivity index (χ1) is 9.40. The SMILES string of the molecule is O=C([O-])Cn1[nH]nnc1=S.O=C([O-])Cn1[nH]nnc1=S.[Na+].[Na+]. The van der Waals surface area contributed by atoms with Gasteiger partial charge < -0.3 is 19.8 Å². The molecule has 0 saturated carbocycles. The summed E-state index contributed by atoms with van der Waals surface area (Å²) in [5.74, 6) is -2.47. The molecular weight excluding hydrogens is 358 g/mol. The van der Waals surface area contributed by atoms with Crippen molar-refractivity contribution in [2.24, 2.45) is 0 Å². The quantitative estimate of drug-likeness (QED) is 0.391. The molecule has 2 heterocycles. The van der Waals surface area contributed by atoms with Gasteiger partial charge in [-0.25, -0.2) is 9.36 Å². The van der Waals surface area contributed by atoms with Gasteiger partial charge >= 0.3 is 59.1 Å². The minimum atomic E-state index is -1.23. The van der Waals surface area contributed by atoms with Crippen molar-refractivity contribution >= 4 is 36.4 Å². The summed E-state index contributed by atoms with van der Waals surface area (Å²) in [5.41, 5.74) is 0. The predicted molar refractivity (Wildman–Crippen MR) is 60.4 cm³/mol. The van der Waals surface area contributed by atoms with Crippen LogP contribution in [0.3, 0.4) is 0 Å². The fraction of sp³-hybridized carbons (Fsp3) is 0.333. The van der Waals surface area contributed by atoms with Crippen LogP contribution < -0.4 is 69.3 Å². The van der Waals surface area contributed by atoms with Crippen LogP contribution in [-0.4, -0.2) is 52.4 Å². The fourth-order valence-electron chi connectivity index (χ4n) is 0.896. The topological polar surface area (TPSA) is 173 Å². The Labute approximate surface area is 176 Å². The number of hydrogen-bond acceptors (Lipinski definition) is 10. The van der Waals surface area contributed by atoms with E-state index in [-0.39, 0.29) is 81.7 Å². The van der Waals surface area contributed by atoms with Crippen molar-refractivity contribution < 1.29 is 78.9 Å². The van der Waals surface area contributed by atoms with Crippen LogP contribution in [0.25, 0.3) is 0 Å². The first-order valence-corrected chi connectivity index (χ1v) is 5.57. The van der Waals surface area contributed by atoms with Gasteiger partial charge in [0.25, 0.3) is 0 Å². The molecule has 22 heavy (non-hydrogen) atoms. The molecule has 0 amide bonds. The van der Waals surface area contributed by atoms with Gasteiger partial charge in [-0.05, 0) is 24.4 Å². The second kappa shape index (κ2) is 12.0. The molecular formula is C6H6N8Na2O4S2. The summed E-state index contributed by atoms with van der Waals surface area (Å²) < 4.78 is 2.38. The molecule has 2 N–H and O–H groups in total. The molecule has 0 radical (unpaired) electrons. The number of aliphatic carboxylic acids is 2. The molecule has 0 atom stereocenters. The zero-order chi connectivity index (χ0) is 15.1. The number of nitrogens with zero attached hydrogens (tertiary/aromatic N) is 6. The molecule has 0 aliphatic rings. The molecule has 12 nitrogen and oxygen atoms in total. The maximum atomic E-state index is 9.97. The summed E-state index contributed by atoms with van der Waals surface area (Å²) in [6.45, 7) is -0.683. The Morgan fingerprint density at radius 1 is 0.909 bits per heavy atom. The summed E-state index contributed by atoms with van der Waals surface area (Å²) >= 11 is 9.14. The van der Waals surface area contributed by atoms with Gasteiger partial charge in [-0.2, -0.15) is 10.4 Å².